The summed E-state index contributed by atoms with van der Waals surface area (Å²) in [6.07, 6.45) is -2.40. The molecule has 0 aliphatic carbocycles. The fourth-order valence-corrected chi connectivity index (χ4v) is 4.70. The summed E-state index contributed by atoms with van der Waals surface area (Å²) in [5, 5.41) is 18.9. The van der Waals surface area contributed by atoms with Crippen molar-refractivity contribution >= 4 is 13.3 Å². The Balaban J connectivity index is 2.20. The fourth-order valence-electron chi connectivity index (χ4n) is 3.40. The van der Waals surface area contributed by atoms with E-state index in [1.165, 1.54) is 19.2 Å². The van der Waals surface area contributed by atoms with Gasteiger partial charge in [-0.25, -0.2) is 14.4 Å². The topological polar surface area (TPSA) is 110 Å². The molecule has 0 saturated carbocycles. The van der Waals surface area contributed by atoms with Crippen LogP contribution in [0.4, 0.5) is 4.39 Å². The average molecular weight is 496 g/mol. The van der Waals surface area contributed by atoms with Crippen LogP contribution in [0.3, 0.4) is 0 Å². The Bertz CT molecular complexity index is 1300. The van der Waals surface area contributed by atoms with Gasteiger partial charge >= 0.3 is 5.97 Å². The summed E-state index contributed by atoms with van der Waals surface area (Å²) in [6, 6.07) is 15.2. The summed E-state index contributed by atoms with van der Waals surface area (Å²) < 4.78 is 31.9. The standard InChI is InChI=1S/C26H26FN2O5P/c1-17(2)24-22(13-14-35(33,34-3)16-21(30)15-23(31)32)25(18-9-11-20(27)12-10-18)29-26(28-24)19-7-5-4-6-8-19/h4-12,17,21,30H,15-16H2,1-3H3,(H,31,32). The van der Waals surface area contributed by atoms with Gasteiger partial charge in [-0.05, 0) is 35.8 Å². The number of hydrogen-bond donors (Lipinski definition) is 2. The molecular weight excluding hydrogens is 470 g/mol. The number of hydrogen-bond acceptors (Lipinski definition) is 6. The molecule has 0 spiro atoms. The molecule has 0 bridgehead atoms. The maximum Gasteiger partial charge on any atom is 0.305 e. The van der Waals surface area contributed by atoms with E-state index in [-0.39, 0.29) is 5.92 Å². The summed E-state index contributed by atoms with van der Waals surface area (Å²) in [7, 11) is -2.51. The highest BCUT2D eigenvalue weighted by Gasteiger charge is 2.26. The Kier molecular flexibility index (Phi) is 8.52. The van der Waals surface area contributed by atoms with E-state index < -0.39 is 37.8 Å². The van der Waals surface area contributed by atoms with E-state index >= 15 is 0 Å². The fraction of sp³-hybridized carbons (Fsp3) is 0.269. The molecule has 0 aliphatic heterocycles. The summed E-state index contributed by atoms with van der Waals surface area (Å²) in [6.45, 7) is 3.87. The number of aliphatic hydroxyl groups excluding tert-OH is 1. The number of carboxylic acid groups (broad SMARTS) is 1. The number of nitrogens with zero attached hydrogens (tertiary/aromatic N) is 2. The van der Waals surface area contributed by atoms with E-state index in [4.69, 9.17) is 19.6 Å². The quantitative estimate of drug-likeness (QED) is 0.328. The number of aliphatic carboxylic acids is 1. The van der Waals surface area contributed by atoms with Gasteiger partial charge in [0, 0.05) is 18.2 Å². The molecule has 1 heterocycles. The smallest absolute Gasteiger partial charge is 0.305 e. The number of carbonyl (C=O) groups is 1. The molecule has 2 unspecified atom stereocenters. The van der Waals surface area contributed by atoms with Crippen LogP contribution >= 0.6 is 7.37 Å². The molecule has 1 aromatic heterocycles. The normalized spacial score (nSPS) is 13.5. The molecule has 3 rings (SSSR count). The van der Waals surface area contributed by atoms with E-state index in [1.807, 2.05) is 44.2 Å². The van der Waals surface area contributed by atoms with Crippen LogP contribution in [0.1, 0.15) is 37.4 Å². The lowest BCUT2D eigenvalue weighted by atomic mass is 9.98. The lowest BCUT2D eigenvalue weighted by molar-refractivity contribution is -0.138. The molecule has 0 amide bonds. The lowest BCUT2D eigenvalue weighted by Gasteiger charge is -2.16. The first-order chi connectivity index (χ1) is 16.6. The third-order valence-corrected chi connectivity index (χ3v) is 7.09. The minimum atomic E-state index is -3.71. The second-order valence-electron chi connectivity index (χ2n) is 8.21. The molecule has 0 radical (unpaired) electrons. The summed E-state index contributed by atoms with van der Waals surface area (Å²) in [5.41, 5.74) is 5.43. The van der Waals surface area contributed by atoms with Gasteiger partial charge in [0.05, 0.1) is 35.6 Å². The molecule has 0 fully saturated rings. The second-order valence-corrected chi connectivity index (χ2v) is 10.5. The Morgan fingerprint density at radius 1 is 1.09 bits per heavy atom. The van der Waals surface area contributed by atoms with Crippen molar-refractivity contribution in [2.45, 2.75) is 32.3 Å². The van der Waals surface area contributed by atoms with Gasteiger partial charge in [0.25, 0.3) is 7.37 Å². The van der Waals surface area contributed by atoms with Gasteiger partial charge in [-0.1, -0.05) is 50.1 Å². The highest BCUT2D eigenvalue weighted by molar-refractivity contribution is 7.64. The largest absolute Gasteiger partial charge is 0.481 e. The van der Waals surface area contributed by atoms with Crippen LogP contribution in [-0.2, 0) is 13.9 Å². The first-order valence-electron chi connectivity index (χ1n) is 10.9. The third kappa shape index (κ3) is 6.83. The van der Waals surface area contributed by atoms with E-state index in [9.17, 15) is 18.9 Å². The van der Waals surface area contributed by atoms with Crippen LogP contribution in [0.25, 0.3) is 22.6 Å². The molecule has 2 N–H and O–H groups in total. The number of rotatable bonds is 8. The predicted molar refractivity (Wildman–Crippen MR) is 132 cm³/mol. The third-order valence-electron chi connectivity index (χ3n) is 5.14. The van der Waals surface area contributed by atoms with Gasteiger partial charge in [0.1, 0.15) is 5.82 Å². The molecule has 2 atom stereocenters. The first-order valence-corrected chi connectivity index (χ1v) is 12.7. The van der Waals surface area contributed by atoms with Crippen molar-refractivity contribution in [3.8, 4) is 34.2 Å². The van der Waals surface area contributed by atoms with Gasteiger partial charge < -0.3 is 14.7 Å². The first kappa shape index (κ1) is 26.2. The van der Waals surface area contributed by atoms with E-state index in [0.717, 1.165) is 5.56 Å². The van der Waals surface area contributed by atoms with E-state index in [2.05, 4.69) is 11.6 Å². The maximum atomic E-state index is 13.6. The van der Waals surface area contributed by atoms with Crippen LogP contribution in [0.15, 0.2) is 54.6 Å². The minimum Gasteiger partial charge on any atom is -0.481 e. The Hall–Kier alpha value is -3.37. The SMILES string of the molecule is COP(=O)(C#Cc1c(-c2ccc(F)cc2)nc(-c2ccccc2)nc1C(C)C)CC(O)CC(=O)O. The van der Waals surface area contributed by atoms with Crippen molar-refractivity contribution in [1.29, 1.82) is 0 Å². The Morgan fingerprint density at radius 2 is 1.74 bits per heavy atom. The van der Waals surface area contributed by atoms with E-state index in [0.29, 0.717) is 28.3 Å². The zero-order valence-corrected chi connectivity index (χ0v) is 20.5. The molecule has 9 heteroatoms. The van der Waals surface area contributed by atoms with Crippen molar-refractivity contribution in [3.63, 3.8) is 0 Å². The van der Waals surface area contributed by atoms with Crippen LogP contribution in [-0.4, -0.2) is 45.5 Å². The number of benzene rings is 2. The van der Waals surface area contributed by atoms with Crippen LogP contribution in [0, 0.1) is 17.4 Å². The maximum absolute atomic E-state index is 13.6. The predicted octanol–water partition coefficient (Wildman–Crippen LogP) is 5.14. The van der Waals surface area contributed by atoms with Crippen LogP contribution < -0.4 is 0 Å². The van der Waals surface area contributed by atoms with Gasteiger partial charge in [0.2, 0.25) is 0 Å². The van der Waals surface area contributed by atoms with Crippen LogP contribution in [0.2, 0.25) is 0 Å². The monoisotopic (exact) mass is 496 g/mol. The molecule has 2 aromatic carbocycles. The molecule has 0 aliphatic rings. The minimum absolute atomic E-state index is 0.0940. The Morgan fingerprint density at radius 3 is 2.31 bits per heavy atom. The second kappa shape index (κ2) is 11.4. The zero-order chi connectivity index (χ0) is 25.6. The summed E-state index contributed by atoms with van der Waals surface area (Å²) in [4.78, 5) is 20.3. The van der Waals surface area contributed by atoms with Gasteiger partial charge in [-0.2, -0.15) is 0 Å². The van der Waals surface area contributed by atoms with Crippen molar-refractivity contribution in [2.75, 3.05) is 13.3 Å². The molecule has 182 valence electrons. The lowest BCUT2D eigenvalue weighted by Crippen LogP contribution is -2.17. The molecule has 3 aromatic rings. The molecule has 35 heavy (non-hydrogen) atoms. The van der Waals surface area contributed by atoms with Gasteiger partial charge in [0.15, 0.2) is 5.82 Å². The number of carboxylic acids is 1. The molecular formula is C26H26FN2O5P. The summed E-state index contributed by atoms with van der Waals surface area (Å²) >= 11 is 0. The van der Waals surface area contributed by atoms with Crippen molar-refractivity contribution < 1.29 is 28.5 Å². The highest BCUT2D eigenvalue weighted by Crippen LogP contribution is 2.46. The highest BCUT2D eigenvalue weighted by atomic mass is 31.2. The average Bonchev–Trinajstić information content (AvgIpc) is 2.82. The number of aliphatic hydroxyl groups is 1. The van der Waals surface area contributed by atoms with Crippen LogP contribution in [0.5, 0.6) is 0 Å². The van der Waals surface area contributed by atoms with Gasteiger partial charge in [-0.3, -0.25) is 9.36 Å². The van der Waals surface area contributed by atoms with Crippen molar-refractivity contribution in [2.24, 2.45) is 0 Å². The number of aromatic nitrogens is 2. The zero-order valence-electron chi connectivity index (χ0n) is 19.6. The van der Waals surface area contributed by atoms with Crippen molar-refractivity contribution in [3.05, 3.63) is 71.7 Å². The van der Waals surface area contributed by atoms with E-state index in [1.54, 1.807) is 12.1 Å². The van der Waals surface area contributed by atoms with Crippen molar-refractivity contribution in [1.82, 2.24) is 9.97 Å². The molecule has 7 nitrogen and oxygen atoms in total. The summed E-state index contributed by atoms with van der Waals surface area (Å²) in [5.74, 6) is 1.63. The van der Waals surface area contributed by atoms with Gasteiger partial charge in [-0.15, -0.1) is 0 Å². The number of halogens is 1. The Labute approximate surface area is 203 Å². The molecule has 0 saturated heterocycles.